The largest absolute Gasteiger partial charge is 0.485 e. The molecule has 0 saturated carbocycles. The van der Waals surface area contributed by atoms with Crippen LogP contribution in [0.15, 0.2) is 60.3 Å². The monoisotopic (exact) mass is 343 g/mol. The van der Waals surface area contributed by atoms with Gasteiger partial charge in [0.05, 0.1) is 12.7 Å². The van der Waals surface area contributed by atoms with Crippen LogP contribution in [0.4, 0.5) is 4.39 Å². The van der Waals surface area contributed by atoms with Crippen LogP contribution in [0.2, 0.25) is 0 Å². The number of nitrogens with one attached hydrogen (secondary N) is 1. The summed E-state index contributed by atoms with van der Waals surface area (Å²) in [5.41, 5.74) is 1.16. The number of hydrogen-bond acceptors (Lipinski definition) is 4. The van der Waals surface area contributed by atoms with Gasteiger partial charge in [-0.3, -0.25) is 4.79 Å². The zero-order chi connectivity index (χ0) is 18.2. The molecule has 2 rings (SSSR count). The van der Waals surface area contributed by atoms with Crippen LogP contribution in [-0.4, -0.2) is 19.0 Å². The van der Waals surface area contributed by atoms with Gasteiger partial charge < -0.3 is 14.8 Å². The van der Waals surface area contributed by atoms with Crippen LogP contribution in [0, 0.1) is 5.82 Å². The molecule has 0 unspecified atom stereocenters. The number of methoxy groups -OCH3 is 1. The van der Waals surface area contributed by atoms with Gasteiger partial charge in [-0.25, -0.2) is 9.18 Å². The Morgan fingerprint density at radius 3 is 2.52 bits per heavy atom. The van der Waals surface area contributed by atoms with Crippen molar-refractivity contribution < 1.29 is 23.5 Å². The summed E-state index contributed by atoms with van der Waals surface area (Å²) in [4.78, 5) is 23.5. The van der Waals surface area contributed by atoms with E-state index in [1.54, 1.807) is 0 Å². The summed E-state index contributed by atoms with van der Waals surface area (Å²) in [5, 5.41) is 2.50. The Hall–Kier alpha value is -3.15. The molecule has 6 heteroatoms. The highest BCUT2D eigenvalue weighted by Crippen LogP contribution is 2.24. The SMILES string of the molecule is COC(=O)C=C(C)NC(=O)c1cccc(F)c1OCc1ccccc1. The van der Waals surface area contributed by atoms with Crippen molar-refractivity contribution in [2.45, 2.75) is 13.5 Å². The third-order valence-corrected chi connectivity index (χ3v) is 3.28. The summed E-state index contributed by atoms with van der Waals surface area (Å²) in [7, 11) is 1.23. The van der Waals surface area contributed by atoms with Gasteiger partial charge in [0.2, 0.25) is 0 Å². The minimum atomic E-state index is -0.641. The number of amides is 1. The predicted octanol–water partition coefficient (Wildman–Crippen LogP) is 3.21. The van der Waals surface area contributed by atoms with E-state index in [0.29, 0.717) is 0 Å². The number of carbonyl (C=O) groups is 2. The Morgan fingerprint density at radius 1 is 1.12 bits per heavy atom. The Kier molecular flexibility index (Phi) is 6.28. The Balaban J connectivity index is 2.17. The summed E-state index contributed by atoms with van der Waals surface area (Å²) >= 11 is 0. The zero-order valence-corrected chi connectivity index (χ0v) is 13.9. The molecule has 0 aromatic heterocycles. The fourth-order valence-corrected chi connectivity index (χ4v) is 2.08. The molecule has 0 atom stereocenters. The fraction of sp³-hybridized carbons (Fsp3) is 0.158. The first-order chi connectivity index (χ1) is 12.0. The van der Waals surface area contributed by atoms with Crippen molar-refractivity contribution in [1.82, 2.24) is 5.32 Å². The number of halogens is 1. The van der Waals surface area contributed by atoms with Crippen molar-refractivity contribution in [3.63, 3.8) is 0 Å². The molecular weight excluding hydrogens is 325 g/mol. The van der Waals surface area contributed by atoms with E-state index in [0.717, 1.165) is 11.6 Å². The lowest BCUT2D eigenvalue weighted by Crippen LogP contribution is -2.23. The molecule has 1 amide bonds. The molecule has 0 aliphatic heterocycles. The first-order valence-corrected chi connectivity index (χ1v) is 7.54. The molecule has 0 aliphatic rings. The minimum Gasteiger partial charge on any atom is -0.485 e. The molecule has 5 nitrogen and oxygen atoms in total. The summed E-state index contributed by atoms with van der Waals surface area (Å²) in [6.07, 6.45) is 1.13. The average molecular weight is 343 g/mol. The summed E-state index contributed by atoms with van der Waals surface area (Å²) in [6.45, 7) is 1.65. The molecular formula is C19H18FNO4. The topological polar surface area (TPSA) is 64.6 Å². The smallest absolute Gasteiger partial charge is 0.332 e. The first-order valence-electron chi connectivity index (χ1n) is 7.54. The van der Waals surface area contributed by atoms with Gasteiger partial charge in [-0.05, 0) is 24.6 Å². The van der Waals surface area contributed by atoms with Gasteiger partial charge in [0.1, 0.15) is 6.61 Å². The van der Waals surface area contributed by atoms with Gasteiger partial charge in [0.25, 0.3) is 5.91 Å². The molecule has 2 aromatic rings. The summed E-state index contributed by atoms with van der Waals surface area (Å²) in [6, 6.07) is 13.3. The highest BCUT2D eigenvalue weighted by Gasteiger charge is 2.17. The molecule has 25 heavy (non-hydrogen) atoms. The maximum atomic E-state index is 14.1. The number of carbonyl (C=O) groups excluding carboxylic acids is 2. The van der Waals surface area contributed by atoms with Crippen molar-refractivity contribution in [1.29, 1.82) is 0 Å². The van der Waals surface area contributed by atoms with Crippen molar-refractivity contribution in [2.75, 3.05) is 7.11 Å². The minimum absolute atomic E-state index is 0.0357. The highest BCUT2D eigenvalue weighted by atomic mass is 19.1. The third kappa shape index (κ3) is 5.17. The Labute approximate surface area is 145 Å². The number of benzene rings is 2. The molecule has 1 N–H and O–H groups in total. The van der Waals surface area contributed by atoms with E-state index < -0.39 is 17.7 Å². The van der Waals surface area contributed by atoms with Crippen LogP contribution in [-0.2, 0) is 16.1 Å². The predicted molar refractivity (Wildman–Crippen MR) is 90.4 cm³/mol. The van der Waals surface area contributed by atoms with E-state index in [9.17, 15) is 14.0 Å². The van der Waals surface area contributed by atoms with Gasteiger partial charge in [0, 0.05) is 11.8 Å². The highest BCUT2D eigenvalue weighted by molar-refractivity contribution is 5.98. The van der Waals surface area contributed by atoms with Gasteiger partial charge in [-0.2, -0.15) is 0 Å². The van der Waals surface area contributed by atoms with Crippen molar-refractivity contribution >= 4 is 11.9 Å². The summed E-state index contributed by atoms with van der Waals surface area (Å²) in [5.74, 6) is -1.97. The van der Waals surface area contributed by atoms with E-state index in [-0.39, 0.29) is 23.6 Å². The van der Waals surface area contributed by atoms with Gasteiger partial charge in [-0.1, -0.05) is 36.4 Å². The van der Waals surface area contributed by atoms with E-state index >= 15 is 0 Å². The molecule has 0 heterocycles. The van der Waals surface area contributed by atoms with Gasteiger partial charge >= 0.3 is 5.97 Å². The molecule has 0 saturated heterocycles. The average Bonchev–Trinajstić information content (AvgIpc) is 2.61. The van der Waals surface area contributed by atoms with Crippen LogP contribution in [0.5, 0.6) is 5.75 Å². The van der Waals surface area contributed by atoms with Crippen LogP contribution < -0.4 is 10.1 Å². The number of allylic oxidation sites excluding steroid dienone is 1. The number of hydrogen-bond donors (Lipinski definition) is 1. The molecule has 0 fully saturated rings. The normalized spacial score (nSPS) is 10.9. The molecule has 2 aromatic carbocycles. The summed E-state index contributed by atoms with van der Waals surface area (Å²) < 4.78 is 24.1. The third-order valence-electron chi connectivity index (χ3n) is 3.28. The van der Waals surface area contributed by atoms with Crippen LogP contribution in [0.25, 0.3) is 0 Å². The second kappa shape index (κ2) is 8.63. The number of para-hydroxylation sites is 1. The van der Waals surface area contributed by atoms with Gasteiger partial charge in [-0.15, -0.1) is 0 Å². The lowest BCUT2D eigenvalue weighted by atomic mass is 10.1. The van der Waals surface area contributed by atoms with E-state index in [1.165, 1.54) is 32.2 Å². The van der Waals surface area contributed by atoms with Crippen LogP contribution in [0.1, 0.15) is 22.8 Å². The molecule has 0 bridgehead atoms. The number of esters is 1. The van der Waals surface area contributed by atoms with Crippen molar-refractivity contribution in [3.05, 3.63) is 77.2 Å². The fourth-order valence-electron chi connectivity index (χ4n) is 2.08. The molecule has 0 aliphatic carbocycles. The van der Waals surface area contributed by atoms with Crippen molar-refractivity contribution in [3.8, 4) is 5.75 Å². The number of ether oxygens (including phenoxy) is 2. The van der Waals surface area contributed by atoms with E-state index in [2.05, 4.69) is 10.1 Å². The molecule has 0 radical (unpaired) electrons. The van der Waals surface area contributed by atoms with Gasteiger partial charge in [0.15, 0.2) is 11.6 Å². The maximum Gasteiger partial charge on any atom is 0.332 e. The quantitative estimate of drug-likeness (QED) is 0.646. The second-order valence-corrected chi connectivity index (χ2v) is 5.20. The first kappa shape index (κ1) is 18.2. The van der Waals surface area contributed by atoms with Crippen molar-refractivity contribution in [2.24, 2.45) is 0 Å². The second-order valence-electron chi connectivity index (χ2n) is 5.20. The lowest BCUT2D eigenvalue weighted by molar-refractivity contribution is -0.134. The maximum absolute atomic E-state index is 14.1. The zero-order valence-electron chi connectivity index (χ0n) is 13.9. The Morgan fingerprint density at radius 2 is 1.84 bits per heavy atom. The van der Waals surface area contributed by atoms with E-state index in [1.807, 2.05) is 30.3 Å². The molecule has 130 valence electrons. The lowest BCUT2D eigenvalue weighted by Gasteiger charge is -2.13. The van der Waals surface area contributed by atoms with Crippen LogP contribution >= 0.6 is 0 Å². The Bertz CT molecular complexity index is 787. The number of rotatable bonds is 6. The van der Waals surface area contributed by atoms with Crippen LogP contribution in [0.3, 0.4) is 0 Å². The standard InChI is InChI=1S/C19H18FNO4/c1-13(11-17(22)24-2)21-19(23)15-9-6-10-16(20)18(15)25-12-14-7-4-3-5-8-14/h3-11H,12H2,1-2H3,(H,21,23). The molecule has 0 spiro atoms. The van der Waals surface area contributed by atoms with E-state index in [4.69, 9.17) is 4.74 Å².